The largest absolute Gasteiger partial charge is 0.486 e. The molecule has 0 spiro atoms. The van der Waals surface area contributed by atoms with Gasteiger partial charge in [-0.15, -0.1) is 0 Å². The summed E-state index contributed by atoms with van der Waals surface area (Å²) < 4.78 is 43.0. The van der Waals surface area contributed by atoms with Crippen molar-refractivity contribution >= 4 is 39.2 Å². The molecule has 0 bridgehead atoms. The molecule has 1 atom stereocenters. The first-order valence-electron chi connectivity index (χ1n) is 9.40. The molecule has 3 rings (SSSR count). The maximum atomic E-state index is 12.4. The standard InChI is InChI=1S/C20H21ClN2O7S/c1-13(20(25)23-15-4-2-3-14(21)11-15)30-19(24)7-8-22-31(26,27)16-5-6-17-18(12-16)29-10-9-28-17/h2-6,11-13,22H,7-10H2,1H3,(H,23,25)/t13-/m0/s1. The quantitative estimate of drug-likeness (QED) is 0.570. The molecule has 1 aliphatic heterocycles. The van der Waals surface area contributed by atoms with Crippen LogP contribution in [0.1, 0.15) is 13.3 Å². The van der Waals surface area contributed by atoms with Crippen LogP contribution < -0.4 is 19.5 Å². The molecule has 2 N–H and O–H groups in total. The molecule has 2 aromatic rings. The summed E-state index contributed by atoms with van der Waals surface area (Å²) >= 11 is 5.86. The lowest BCUT2D eigenvalue weighted by Crippen LogP contribution is -2.32. The number of benzene rings is 2. The first kappa shape index (κ1) is 22.9. The van der Waals surface area contributed by atoms with Crippen LogP contribution in [-0.4, -0.2) is 46.2 Å². The lowest BCUT2D eigenvalue weighted by atomic mass is 10.3. The average molecular weight is 469 g/mol. The van der Waals surface area contributed by atoms with E-state index in [4.69, 9.17) is 25.8 Å². The Morgan fingerprint density at radius 3 is 2.61 bits per heavy atom. The number of halogens is 1. The molecule has 11 heteroatoms. The van der Waals surface area contributed by atoms with Gasteiger partial charge in [0.15, 0.2) is 17.6 Å². The lowest BCUT2D eigenvalue weighted by Gasteiger charge is -2.19. The third-order valence-corrected chi connectivity index (χ3v) is 5.91. The third kappa shape index (κ3) is 6.33. The van der Waals surface area contributed by atoms with Gasteiger partial charge in [0, 0.05) is 23.3 Å². The Morgan fingerprint density at radius 1 is 1.13 bits per heavy atom. The Kier molecular flexibility index (Phi) is 7.37. The molecule has 1 heterocycles. The second-order valence-corrected chi connectivity index (χ2v) is 8.79. The number of amides is 1. The van der Waals surface area contributed by atoms with Crippen LogP contribution in [0.5, 0.6) is 11.5 Å². The molecule has 0 fully saturated rings. The predicted octanol–water partition coefficient (Wildman–Crippen LogP) is 2.35. The van der Waals surface area contributed by atoms with Crippen LogP contribution in [-0.2, 0) is 24.3 Å². The summed E-state index contributed by atoms with van der Waals surface area (Å²) in [5.41, 5.74) is 0.465. The molecular formula is C20H21ClN2O7S. The molecule has 31 heavy (non-hydrogen) atoms. The van der Waals surface area contributed by atoms with Gasteiger partial charge in [0.25, 0.3) is 5.91 Å². The minimum absolute atomic E-state index is 0.0145. The summed E-state index contributed by atoms with van der Waals surface area (Å²) in [6.45, 7) is 1.95. The fraction of sp³-hybridized carbons (Fsp3) is 0.300. The number of sulfonamides is 1. The van der Waals surface area contributed by atoms with Gasteiger partial charge in [-0.25, -0.2) is 13.1 Å². The van der Waals surface area contributed by atoms with Crippen molar-refractivity contribution in [3.8, 4) is 11.5 Å². The van der Waals surface area contributed by atoms with Gasteiger partial charge in [-0.1, -0.05) is 17.7 Å². The summed E-state index contributed by atoms with van der Waals surface area (Å²) in [4.78, 5) is 24.1. The maximum absolute atomic E-state index is 12.4. The topological polar surface area (TPSA) is 120 Å². The summed E-state index contributed by atoms with van der Waals surface area (Å²) in [7, 11) is -3.86. The zero-order valence-corrected chi connectivity index (χ0v) is 18.2. The van der Waals surface area contributed by atoms with Crippen molar-refractivity contribution in [3.05, 3.63) is 47.5 Å². The fourth-order valence-electron chi connectivity index (χ4n) is 2.68. The predicted molar refractivity (Wildman–Crippen MR) is 113 cm³/mol. The molecule has 0 saturated carbocycles. The molecule has 0 aliphatic carbocycles. The highest BCUT2D eigenvalue weighted by Gasteiger charge is 2.21. The number of carbonyl (C=O) groups excluding carboxylic acids is 2. The SMILES string of the molecule is C[C@H](OC(=O)CCNS(=O)(=O)c1ccc2c(c1)OCCO2)C(=O)Nc1cccc(Cl)c1. The zero-order valence-electron chi connectivity index (χ0n) is 16.6. The van der Waals surface area contributed by atoms with Crippen LogP contribution in [0.4, 0.5) is 5.69 Å². The third-order valence-electron chi connectivity index (χ3n) is 4.21. The molecule has 166 valence electrons. The van der Waals surface area contributed by atoms with Crippen LogP contribution in [0.25, 0.3) is 0 Å². The maximum Gasteiger partial charge on any atom is 0.307 e. The minimum Gasteiger partial charge on any atom is -0.486 e. The zero-order chi connectivity index (χ0) is 22.4. The number of fused-ring (bicyclic) bond motifs is 1. The first-order chi connectivity index (χ1) is 14.7. The number of esters is 1. The molecule has 1 amide bonds. The fourth-order valence-corrected chi connectivity index (χ4v) is 3.92. The van der Waals surface area contributed by atoms with E-state index in [1.807, 2.05) is 0 Å². The highest BCUT2D eigenvalue weighted by atomic mass is 35.5. The molecule has 0 radical (unpaired) electrons. The van der Waals surface area contributed by atoms with Crippen molar-refractivity contribution in [2.45, 2.75) is 24.3 Å². The first-order valence-corrected chi connectivity index (χ1v) is 11.3. The van der Waals surface area contributed by atoms with Gasteiger partial charge in [0.1, 0.15) is 13.2 Å². The molecule has 1 aliphatic rings. The van der Waals surface area contributed by atoms with Crippen molar-refractivity contribution in [3.63, 3.8) is 0 Å². The molecule has 9 nitrogen and oxygen atoms in total. The highest BCUT2D eigenvalue weighted by Crippen LogP contribution is 2.32. The van der Waals surface area contributed by atoms with Gasteiger partial charge in [-0.2, -0.15) is 0 Å². The van der Waals surface area contributed by atoms with E-state index in [0.717, 1.165) is 0 Å². The highest BCUT2D eigenvalue weighted by molar-refractivity contribution is 7.89. The summed E-state index contributed by atoms with van der Waals surface area (Å²) in [6.07, 6.45) is -1.32. The Bertz CT molecular complexity index is 1070. The van der Waals surface area contributed by atoms with Gasteiger partial charge in [-0.05, 0) is 37.3 Å². The molecular weight excluding hydrogens is 448 g/mol. The summed E-state index contributed by atoms with van der Waals surface area (Å²) in [5, 5.41) is 3.03. The average Bonchev–Trinajstić information content (AvgIpc) is 2.73. The number of rotatable bonds is 8. The van der Waals surface area contributed by atoms with Crippen molar-refractivity contribution < 1.29 is 32.2 Å². The van der Waals surface area contributed by atoms with E-state index in [1.54, 1.807) is 24.3 Å². The van der Waals surface area contributed by atoms with E-state index in [-0.39, 0.29) is 17.9 Å². The second-order valence-electron chi connectivity index (χ2n) is 6.58. The van der Waals surface area contributed by atoms with Crippen LogP contribution in [0.3, 0.4) is 0 Å². The van der Waals surface area contributed by atoms with Crippen molar-refractivity contribution in [2.75, 3.05) is 25.1 Å². The normalized spacial score (nSPS) is 13.9. The summed E-state index contributed by atoms with van der Waals surface area (Å²) in [6, 6.07) is 10.8. The number of anilines is 1. The van der Waals surface area contributed by atoms with Gasteiger partial charge in [-0.3, -0.25) is 9.59 Å². The van der Waals surface area contributed by atoms with Crippen molar-refractivity contribution in [1.29, 1.82) is 0 Å². The van der Waals surface area contributed by atoms with E-state index in [0.29, 0.717) is 35.4 Å². The van der Waals surface area contributed by atoms with Crippen LogP contribution in [0.2, 0.25) is 5.02 Å². The van der Waals surface area contributed by atoms with Crippen LogP contribution >= 0.6 is 11.6 Å². The van der Waals surface area contributed by atoms with E-state index >= 15 is 0 Å². The number of carbonyl (C=O) groups is 2. The van der Waals surface area contributed by atoms with Gasteiger partial charge >= 0.3 is 5.97 Å². The smallest absolute Gasteiger partial charge is 0.307 e. The van der Waals surface area contributed by atoms with Gasteiger partial charge < -0.3 is 19.5 Å². The monoisotopic (exact) mass is 468 g/mol. The minimum atomic E-state index is -3.86. The number of nitrogens with one attached hydrogen (secondary N) is 2. The molecule has 0 saturated heterocycles. The van der Waals surface area contributed by atoms with Crippen LogP contribution in [0.15, 0.2) is 47.4 Å². The Labute approximate surface area is 184 Å². The van der Waals surface area contributed by atoms with E-state index in [2.05, 4.69) is 10.0 Å². The van der Waals surface area contributed by atoms with E-state index < -0.39 is 28.0 Å². The molecule has 0 unspecified atom stereocenters. The van der Waals surface area contributed by atoms with Crippen molar-refractivity contribution in [1.82, 2.24) is 4.72 Å². The number of ether oxygens (including phenoxy) is 3. The van der Waals surface area contributed by atoms with Crippen molar-refractivity contribution in [2.24, 2.45) is 0 Å². The summed E-state index contributed by atoms with van der Waals surface area (Å²) in [5.74, 6) is -0.446. The lowest BCUT2D eigenvalue weighted by molar-refractivity contribution is -0.152. The Balaban J connectivity index is 1.47. The Morgan fingerprint density at radius 2 is 1.87 bits per heavy atom. The Hall–Kier alpha value is -2.82. The number of hydrogen-bond donors (Lipinski definition) is 2. The van der Waals surface area contributed by atoms with Crippen LogP contribution in [0, 0.1) is 0 Å². The number of hydrogen-bond acceptors (Lipinski definition) is 7. The van der Waals surface area contributed by atoms with Gasteiger partial charge in [0.05, 0.1) is 11.3 Å². The second kappa shape index (κ2) is 9.99. The van der Waals surface area contributed by atoms with E-state index in [9.17, 15) is 18.0 Å². The molecule has 0 aromatic heterocycles. The molecule has 2 aromatic carbocycles. The van der Waals surface area contributed by atoms with E-state index in [1.165, 1.54) is 25.1 Å². The van der Waals surface area contributed by atoms with Gasteiger partial charge in [0.2, 0.25) is 10.0 Å².